The van der Waals surface area contributed by atoms with Crippen LogP contribution in [0.15, 0.2) is 41.2 Å². The second-order valence-electron chi connectivity index (χ2n) is 5.75. The molecule has 4 aromatic rings. The highest BCUT2D eigenvalue weighted by atomic mass is 16.5. The van der Waals surface area contributed by atoms with E-state index in [2.05, 4.69) is 10.1 Å². The Balaban J connectivity index is 2.03. The van der Waals surface area contributed by atoms with E-state index < -0.39 is 0 Å². The van der Waals surface area contributed by atoms with Crippen molar-refractivity contribution in [2.24, 2.45) is 0 Å². The predicted octanol–water partition coefficient (Wildman–Crippen LogP) is 1.45. The maximum Gasteiger partial charge on any atom is 0.283 e. The summed E-state index contributed by atoms with van der Waals surface area (Å²) in [6.45, 7) is 0. The maximum absolute atomic E-state index is 12.8. The molecule has 0 aliphatic carbocycles. The van der Waals surface area contributed by atoms with Crippen LogP contribution in [0.3, 0.4) is 0 Å². The van der Waals surface area contributed by atoms with E-state index in [0.29, 0.717) is 39.5 Å². The highest BCUT2D eigenvalue weighted by Crippen LogP contribution is 2.40. The number of hydrogen-bond donors (Lipinski definition) is 1. The van der Waals surface area contributed by atoms with Crippen molar-refractivity contribution in [3.63, 3.8) is 0 Å². The lowest BCUT2D eigenvalue weighted by Crippen LogP contribution is -2.18. The Kier molecular flexibility index (Phi) is 3.84. The summed E-state index contributed by atoms with van der Waals surface area (Å²) in [5.41, 5.74) is 0.833. The molecule has 0 saturated heterocycles. The van der Waals surface area contributed by atoms with Crippen LogP contribution in [0.5, 0.6) is 17.2 Å². The van der Waals surface area contributed by atoms with Crippen LogP contribution in [-0.2, 0) is 0 Å². The zero-order valence-electron chi connectivity index (χ0n) is 15.0. The largest absolute Gasteiger partial charge is 0.493 e. The van der Waals surface area contributed by atoms with Crippen molar-refractivity contribution in [2.75, 3.05) is 27.2 Å². The Morgan fingerprint density at radius 2 is 1.67 bits per heavy atom. The van der Waals surface area contributed by atoms with Crippen LogP contribution in [0.1, 0.15) is 0 Å². The second-order valence-corrected chi connectivity index (χ2v) is 5.75. The summed E-state index contributed by atoms with van der Waals surface area (Å²) in [4.78, 5) is 17.2. The van der Waals surface area contributed by atoms with Crippen LogP contribution in [0, 0.1) is 0 Å². The summed E-state index contributed by atoms with van der Waals surface area (Å²) in [5, 5.41) is 4.83. The van der Waals surface area contributed by atoms with Gasteiger partial charge in [-0.3, -0.25) is 4.79 Å². The van der Waals surface area contributed by atoms with Crippen molar-refractivity contribution < 1.29 is 14.2 Å². The van der Waals surface area contributed by atoms with Gasteiger partial charge < -0.3 is 20.1 Å². The molecule has 27 heavy (non-hydrogen) atoms. The number of para-hydroxylation sites is 1. The van der Waals surface area contributed by atoms with Crippen molar-refractivity contribution in [1.29, 1.82) is 0 Å². The molecule has 0 radical (unpaired) electrons. The van der Waals surface area contributed by atoms with E-state index in [1.54, 1.807) is 30.3 Å². The average Bonchev–Trinajstić information content (AvgIpc) is 3.04. The van der Waals surface area contributed by atoms with Gasteiger partial charge in [0.2, 0.25) is 5.75 Å². The van der Waals surface area contributed by atoms with Crippen molar-refractivity contribution in [3.05, 3.63) is 46.8 Å². The molecular weight excluding hydrogens is 350 g/mol. The summed E-state index contributed by atoms with van der Waals surface area (Å²) >= 11 is 0. The highest BCUT2D eigenvalue weighted by molar-refractivity contribution is 5.79. The van der Waals surface area contributed by atoms with E-state index in [0.717, 1.165) is 0 Å². The average molecular weight is 367 g/mol. The molecular formula is C18H17N5O4. The maximum atomic E-state index is 12.8. The van der Waals surface area contributed by atoms with Crippen molar-refractivity contribution in [1.82, 2.24) is 19.3 Å². The minimum absolute atomic E-state index is 0.224. The molecule has 2 heterocycles. The molecule has 0 atom stereocenters. The number of aromatic nitrogens is 4. The second kappa shape index (κ2) is 6.20. The monoisotopic (exact) mass is 367 g/mol. The first-order valence-corrected chi connectivity index (χ1v) is 8.05. The SMILES string of the molecule is COc1cc(-c2nn3c(=O)c4ccccc4nc3n2N)cc(OC)c1OC. The number of rotatable bonds is 4. The van der Waals surface area contributed by atoms with E-state index in [-0.39, 0.29) is 11.3 Å². The number of nitrogens with two attached hydrogens (primary N) is 1. The van der Waals surface area contributed by atoms with E-state index in [4.69, 9.17) is 20.1 Å². The molecule has 0 saturated carbocycles. The zero-order chi connectivity index (χ0) is 19.1. The van der Waals surface area contributed by atoms with Gasteiger partial charge in [0.25, 0.3) is 11.3 Å². The fourth-order valence-electron chi connectivity index (χ4n) is 3.00. The third-order valence-corrected chi connectivity index (χ3v) is 4.30. The Labute approximate surface area is 153 Å². The molecule has 9 heteroatoms. The van der Waals surface area contributed by atoms with Crippen LogP contribution < -0.4 is 25.6 Å². The van der Waals surface area contributed by atoms with E-state index >= 15 is 0 Å². The Morgan fingerprint density at radius 1 is 1.00 bits per heavy atom. The van der Waals surface area contributed by atoms with Gasteiger partial charge in [0, 0.05) is 5.56 Å². The van der Waals surface area contributed by atoms with Crippen molar-refractivity contribution in [3.8, 4) is 28.6 Å². The molecule has 2 aromatic carbocycles. The van der Waals surface area contributed by atoms with Crippen LogP contribution >= 0.6 is 0 Å². The lowest BCUT2D eigenvalue weighted by molar-refractivity contribution is 0.324. The minimum Gasteiger partial charge on any atom is -0.493 e. The number of benzene rings is 2. The van der Waals surface area contributed by atoms with Gasteiger partial charge in [0.1, 0.15) is 0 Å². The summed E-state index contributed by atoms with van der Waals surface area (Å²) in [7, 11) is 4.56. The van der Waals surface area contributed by atoms with Gasteiger partial charge in [-0.05, 0) is 24.3 Å². The first-order valence-electron chi connectivity index (χ1n) is 8.05. The molecule has 138 valence electrons. The summed E-state index contributed by atoms with van der Waals surface area (Å²) in [6, 6.07) is 10.4. The highest BCUT2D eigenvalue weighted by Gasteiger charge is 2.20. The van der Waals surface area contributed by atoms with Gasteiger partial charge in [-0.1, -0.05) is 12.1 Å². The smallest absolute Gasteiger partial charge is 0.283 e. The summed E-state index contributed by atoms with van der Waals surface area (Å²) < 4.78 is 18.5. The molecule has 0 fully saturated rings. The van der Waals surface area contributed by atoms with Crippen LogP contribution in [0.25, 0.3) is 28.1 Å². The lowest BCUT2D eigenvalue weighted by atomic mass is 10.1. The molecule has 9 nitrogen and oxygen atoms in total. The van der Waals surface area contributed by atoms with Gasteiger partial charge >= 0.3 is 0 Å². The molecule has 4 rings (SSSR count). The molecule has 0 aliphatic rings. The summed E-state index contributed by atoms with van der Waals surface area (Å²) in [6.07, 6.45) is 0. The van der Waals surface area contributed by atoms with Gasteiger partial charge in [-0.15, -0.1) is 5.10 Å². The first kappa shape index (κ1) is 16.7. The summed E-state index contributed by atoms with van der Waals surface area (Å²) in [5.74, 6) is 8.10. The number of hydrogen-bond acceptors (Lipinski definition) is 7. The van der Waals surface area contributed by atoms with Crippen molar-refractivity contribution >= 4 is 16.7 Å². The molecule has 2 aromatic heterocycles. The van der Waals surface area contributed by atoms with Gasteiger partial charge in [0.15, 0.2) is 17.3 Å². The number of fused-ring (bicyclic) bond motifs is 2. The normalized spacial score (nSPS) is 11.1. The minimum atomic E-state index is -0.298. The van der Waals surface area contributed by atoms with Crippen LogP contribution in [-0.4, -0.2) is 40.6 Å². The first-order chi connectivity index (χ1) is 13.1. The third kappa shape index (κ3) is 2.43. The number of nitrogen functional groups attached to an aromatic ring is 1. The fourth-order valence-corrected chi connectivity index (χ4v) is 3.00. The van der Waals surface area contributed by atoms with E-state index in [9.17, 15) is 4.79 Å². The molecule has 0 spiro atoms. The van der Waals surface area contributed by atoms with Crippen LogP contribution in [0.2, 0.25) is 0 Å². The molecule has 0 bridgehead atoms. The quantitative estimate of drug-likeness (QED) is 0.544. The third-order valence-electron chi connectivity index (χ3n) is 4.30. The van der Waals surface area contributed by atoms with E-state index in [1.165, 1.54) is 30.5 Å². The topological polar surface area (TPSA) is 106 Å². The number of ether oxygens (including phenoxy) is 3. The lowest BCUT2D eigenvalue weighted by Gasteiger charge is -2.13. The van der Waals surface area contributed by atoms with Gasteiger partial charge in [-0.25, -0.2) is 9.66 Å². The number of nitrogens with zero attached hydrogens (tertiary/aromatic N) is 4. The van der Waals surface area contributed by atoms with Gasteiger partial charge in [-0.2, -0.15) is 4.52 Å². The standard InChI is InChI=1S/C18H17N5O4/c1-25-13-8-10(9-14(26-2)15(13)27-3)16-21-23-17(24)11-6-4-5-7-12(11)20-18(23)22(16)19/h4-9H,19H2,1-3H3. The molecule has 0 amide bonds. The fraction of sp³-hybridized carbons (Fsp3) is 0.167. The van der Waals surface area contributed by atoms with Crippen LogP contribution in [0.4, 0.5) is 0 Å². The molecule has 2 N–H and O–H groups in total. The zero-order valence-corrected chi connectivity index (χ0v) is 15.0. The van der Waals surface area contributed by atoms with Crippen molar-refractivity contribution in [2.45, 2.75) is 0 Å². The Bertz CT molecular complexity index is 1200. The van der Waals surface area contributed by atoms with Gasteiger partial charge in [0.05, 0.1) is 32.2 Å². The molecule has 0 aliphatic heterocycles. The molecule has 0 unspecified atom stereocenters. The Hall–Kier alpha value is -3.75. The van der Waals surface area contributed by atoms with E-state index in [1.807, 2.05) is 6.07 Å². The number of methoxy groups -OCH3 is 3. The Morgan fingerprint density at radius 3 is 2.30 bits per heavy atom. The predicted molar refractivity (Wildman–Crippen MR) is 100.0 cm³/mol.